The summed E-state index contributed by atoms with van der Waals surface area (Å²) in [6.07, 6.45) is 1.17. The second kappa shape index (κ2) is 14.1. The lowest BCUT2D eigenvalue weighted by atomic mass is 10.0. The minimum Gasteiger partial charge on any atom is -0.354 e. The molecule has 2 amide bonds. The van der Waals surface area contributed by atoms with E-state index in [0.717, 1.165) is 38.3 Å². The van der Waals surface area contributed by atoms with E-state index in [1.54, 1.807) is 0 Å². The predicted molar refractivity (Wildman–Crippen MR) is 160 cm³/mol. The van der Waals surface area contributed by atoms with E-state index in [1.165, 1.54) is 11.0 Å². The maximum atomic E-state index is 14.0. The Morgan fingerprint density at radius 2 is 1.65 bits per heavy atom. The highest BCUT2D eigenvalue weighted by atomic mass is 79.9. The number of rotatable bonds is 12. The first-order chi connectivity index (χ1) is 18.8. The number of amides is 2. The molecule has 11 heteroatoms. The summed E-state index contributed by atoms with van der Waals surface area (Å²) in [6, 6.07) is 19.1. The van der Waals surface area contributed by atoms with E-state index in [4.69, 9.17) is 11.6 Å². The van der Waals surface area contributed by atoms with Gasteiger partial charge in [0.2, 0.25) is 21.8 Å². The van der Waals surface area contributed by atoms with Crippen LogP contribution in [0.25, 0.3) is 0 Å². The van der Waals surface area contributed by atoms with Crippen LogP contribution in [0.15, 0.2) is 77.3 Å². The van der Waals surface area contributed by atoms with Crippen LogP contribution >= 0.6 is 27.5 Å². The molecule has 3 aromatic carbocycles. The Labute approximate surface area is 248 Å². The fourth-order valence-electron chi connectivity index (χ4n) is 4.02. The largest absolute Gasteiger partial charge is 0.354 e. The molecule has 7 nitrogen and oxygen atoms in total. The summed E-state index contributed by atoms with van der Waals surface area (Å²) < 4.78 is 41.1. The molecule has 0 saturated carbocycles. The average molecular weight is 653 g/mol. The monoisotopic (exact) mass is 651 g/mol. The molecule has 0 aromatic heterocycles. The van der Waals surface area contributed by atoms with Crippen LogP contribution in [0.1, 0.15) is 25.0 Å². The van der Waals surface area contributed by atoms with Gasteiger partial charge in [-0.2, -0.15) is 0 Å². The lowest BCUT2D eigenvalue weighted by Crippen LogP contribution is -2.53. The maximum absolute atomic E-state index is 14.0. The van der Waals surface area contributed by atoms with Crippen molar-refractivity contribution < 1.29 is 22.4 Å². The Morgan fingerprint density at radius 1 is 1.00 bits per heavy atom. The van der Waals surface area contributed by atoms with Gasteiger partial charge in [0.1, 0.15) is 18.4 Å². The summed E-state index contributed by atoms with van der Waals surface area (Å²) in [6.45, 7) is 3.79. The normalized spacial score (nSPS) is 12.2. The number of sulfonamides is 1. The zero-order chi connectivity index (χ0) is 29.4. The molecule has 0 bridgehead atoms. The van der Waals surface area contributed by atoms with Gasteiger partial charge < -0.3 is 10.2 Å². The quantitative estimate of drug-likeness (QED) is 0.283. The molecule has 0 radical (unpaired) electrons. The van der Waals surface area contributed by atoms with Crippen molar-refractivity contribution in [3.8, 4) is 0 Å². The summed E-state index contributed by atoms with van der Waals surface area (Å²) in [7, 11) is -3.98. The van der Waals surface area contributed by atoms with Crippen molar-refractivity contribution in [2.24, 2.45) is 5.92 Å². The van der Waals surface area contributed by atoms with Gasteiger partial charge in [-0.25, -0.2) is 12.8 Å². The minimum absolute atomic E-state index is 0.0368. The van der Waals surface area contributed by atoms with Crippen molar-refractivity contribution >= 4 is 55.1 Å². The van der Waals surface area contributed by atoms with Crippen molar-refractivity contribution in [2.75, 3.05) is 23.7 Å². The molecule has 0 saturated heterocycles. The molecule has 0 aliphatic carbocycles. The van der Waals surface area contributed by atoms with Gasteiger partial charge in [0.05, 0.1) is 17.0 Å². The van der Waals surface area contributed by atoms with Crippen molar-refractivity contribution in [1.29, 1.82) is 0 Å². The van der Waals surface area contributed by atoms with E-state index in [-0.39, 0.29) is 35.5 Å². The molecule has 3 rings (SSSR count). The second-order valence-corrected chi connectivity index (χ2v) is 13.1. The van der Waals surface area contributed by atoms with Crippen molar-refractivity contribution in [3.05, 3.63) is 99.2 Å². The summed E-state index contributed by atoms with van der Waals surface area (Å²) in [5.41, 5.74) is 1.63. The number of nitrogens with one attached hydrogen (secondary N) is 1. The summed E-state index contributed by atoms with van der Waals surface area (Å²) in [5, 5.41) is 2.65. The van der Waals surface area contributed by atoms with Crippen LogP contribution in [0.5, 0.6) is 0 Å². The number of benzene rings is 3. The number of anilines is 1. The smallest absolute Gasteiger partial charge is 0.244 e. The van der Waals surface area contributed by atoms with Crippen molar-refractivity contribution in [1.82, 2.24) is 10.2 Å². The topological polar surface area (TPSA) is 86.8 Å². The van der Waals surface area contributed by atoms with E-state index in [1.807, 2.05) is 68.4 Å². The lowest BCUT2D eigenvalue weighted by molar-refractivity contribution is -0.140. The first-order valence-corrected chi connectivity index (χ1v) is 15.7. The van der Waals surface area contributed by atoms with Gasteiger partial charge in [0, 0.05) is 24.0 Å². The Bertz CT molecular complexity index is 1420. The zero-order valence-corrected chi connectivity index (χ0v) is 25.6. The van der Waals surface area contributed by atoms with E-state index in [9.17, 15) is 22.4 Å². The Balaban J connectivity index is 2.05. The van der Waals surface area contributed by atoms with Crippen LogP contribution in [0, 0.1) is 11.7 Å². The fourth-order valence-corrected chi connectivity index (χ4v) is 5.30. The van der Waals surface area contributed by atoms with Crippen LogP contribution < -0.4 is 9.62 Å². The van der Waals surface area contributed by atoms with Gasteiger partial charge in [-0.05, 0) is 47.4 Å². The van der Waals surface area contributed by atoms with Gasteiger partial charge in [-0.1, -0.05) is 83.8 Å². The third-order valence-corrected chi connectivity index (χ3v) is 8.05. The van der Waals surface area contributed by atoms with Crippen molar-refractivity contribution in [3.63, 3.8) is 0 Å². The average Bonchev–Trinajstić information content (AvgIpc) is 2.90. The third kappa shape index (κ3) is 9.04. The predicted octanol–water partition coefficient (Wildman–Crippen LogP) is 5.42. The lowest BCUT2D eigenvalue weighted by Gasteiger charge is -2.33. The third-order valence-electron chi connectivity index (χ3n) is 6.09. The molecule has 0 aliphatic rings. The van der Waals surface area contributed by atoms with E-state index < -0.39 is 34.3 Å². The molecular formula is C29H32BrClFN3O4S. The number of carbonyl (C=O) groups excluding carboxylic acids is 2. The summed E-state index contributed by atoms with van der Waals surface area (Å²) >= 11 is 9.33. The fraction of sp³-hybridized carbons (Fsp3) is 0.310. The van der Waals surface area contributed by atoms with Crippen molar-refractivity contribution in [2.45, 2.75) is 32.9 Å². The molecule has 3 aromatic rings. The first kappa shape index (κ1) is 31.6. The Morgan fingerprint density at radius 3 is 2.23 bits per heavy atom. The van der Waals surface area contributed by atoms with Crippen LogP contribution in [-0.2, 0) is 32.6 Å². The number of nitrogens with zero attached hydrogens (tertiary/aromatic N) is 2. The van der Waals surface area contributed by atoms with Gasteiger partial charge in [-0.3, -0.25) is 13.9 Å². The second-order valence-electron chi connectivity index (χ2n) is 9.86. The minimum atomic E-state index is -3.98. The molecule has 0 spiro atoms. The molecule has 1 atom stereocenters. The van der Waals surface area contributed by atoms with Crippen LogP contribution in [0.3, 0.4) is 0 Å². The highest BCUT2D eigenvalue weighted by Crippen LogP contribution is 2.25. The Hall–Kier alpha value is -2.95. The van der Waals surface area contributed by atoms with E-state index >= 15 is 0 Å². The van der Waals surface area contributed by atoms with Crippen LogP contribution in [0.2, 0.25) is 5.02 Å². The van der Waals surface area contributed by atoms with Gasteiger partial charge >= 0.3 is 0 Å². The van der Waals surface area contributed by atoms with Gasteiger partial charge in [-0.15, -0.1) is 0 Å². The molecule has 0 aliphatic heterocycles. The van der Waals surface area contributed by atoms with Gasteiger partial charge in [0.25, 0.3) is 0 Å². The number of hydrogen-bond acceptors (Lipinski definition) is 4. The first-order valence-electron chi connectivity index (χ1n) is 12.6. The number of halogens is 3. The number of carbonyl (C=O) groups is 2. The molecular weight excluding hydrogens is 621 g/mol. The molecule has 1 unspecified atom stereocenters. The van der Waals surface area contributed by atoms with E-state index in [2.05, 4.69) is 21.2 Å². The van der Waals surface area contributed by atoms with Crippen LogP contribution in [0.4, 0.5) is 10.1 Å². The van der Waals surface area contributed by atoms with Crippen LogP contribution in [-0.4, -0.2) is 50.5 Å². The summed E-state index contributed by atoms with van der Waals surface area (Å²) in [5.74, 6) is -1.49. The Kier molecular flexibility index (Phi) is 11.1. The zero-order valence-electron chi connectivity index (χ0n) is 22.5. The molecule has 40 heavy (non-hydrogen) atoms. The molecule has 1 N–H and O–H groups in total. The molecule has 0 fully saturated rings. The standard InChI is InChI=1S/C29H32BrClFN3O4S/c1-20(2)17-33-29(37)27(15-21-7-5-4-6-8-21)34(18-22-9-11-23(30)12-10-22)28(36)19-35(40(3,38)39)24-13-14-26(32)25(31)16-24/h4-14,16,20,27H,15,17-19H2,1-3H3,(H,33,37). The maximum Gasteiger partial charge on any atom is 0.244 e. The molecule has 0 heterocycles. The highest BCUT2D eigenvalue weighted by molar-refractivity contribution is 9.10. The number of hydrogen-bond donors (Lipinski definition) is 1. The van der Waals surface area contributed by atoms with Gasteiger partial charge in [0.15, 0.2) is 0 Å². The van der Waals surface area contributed by atoms with E-state index in [0.29, 0.717) is 6.54 Å². The highest BCUT2D eigenvalue weighted by Gasteiger charge is 2.33. The molecule has 214 valence electrons. The SMILES string of the molecule is CC(C)CNC(=O)C(Cc1ccccc1)N(Cc1ccc(Br)cc1)C(=O)CN(c1ccc(F)c(Cl)c1)S(C)(=O)=O. The summed E-state index contributed by atoms with van der Waals surface area (Å²) in [4.78, 5) is 29.0.